The molecular formula is C20H15F3N2O6. The Morgan fingerprint density at radius 2 is 1.81 bits per heavy atom. The van der Waals surface area contributed by atoms with E-state index in [0.29, 0.717) is 5.56 Å². The van der Waals surface area contributed by atoms with Crippen molar-refractivity contribution in [1.29, 1.82) is 0 Å². The number of carboxylic acid groups (broad SMARTS) is 1. The van der Waals surface area contributed by atoms with Crippen LogP contribution in [0.2, 0.25) is 0 Å². The second-order valence-corrected chi connectivity index (χ2v) is 6.49. The van der Waals surface area contributed by atoms with Crippen LogP contribution in [0.4, 0.5) is 18.0 Å². The summed E-state index contributed by atoms with van der Waals surface area (Å²) < 4.78 is 50.3. The number of hydrogen-bond acceptors (Lipinski definition) is 6. The SMILES string of the molecule is NC(Cc1ccc(Oc2ccc(/C=C3/OC(=O)NC3=O)cc2)cc1C(F)(F)F)C(=O)O. The van der Waals surface area contributed by atoms with Crippen LogP contribution in [0.3, 0.4) is 0 Å². The number of carbonyl (C=O) groups excluding carboxylic acids is 2. The van der Waals surface area contributed by atoms with Crippen molar-refractivity contribution in [2.24, 2.45) is 5.73 Å². The van der Waals surface area contributed by atoms with Crippen LogP contribution in [0.15, 0.2) is 48.2 Å². The minimum Gasteiger partial charge on any atom is -0.480 e. The zero-order valence-electron chi connectivity index (χ0n) is 15.6. The van der Waals surface area contributed by atoms with E-state index in [0.717, 1.165) is 12.1 Å². The summed E-state index contributed by atoms with van der Waals surface area (Å²) in [6.07, 6.45) is -4.80. The van der Waals surface area contributed by atoms with Crippen molar-refractivity contribution in [2.75, 3.05) is 0 Å². The summed E-state index contributed by atoms with van der Waals surface area (Å²) in [6, 6.07) is 7.59. The molecule has 2 aromatic rings. The number of halogens is 3. The average molecular weight is 436 g/mol. The second-order valence-electron chi connectivity index (χ2n) is 6.49. The molecule has 162 valence electrons. The smallest absolute Gasteiger partial charge is 0.419 e. The highest BCUT2D eigenvalue weighted by molar-refractivity contribution is 6.09. The van der Waals surface area contributed by atoms with E-state index in [2.05, 4.69) is 4.74 Å². The van der Waals surface area contributed by atoms with Crippen molar-refractivity contribution in [1.82, 2.24) is 5.32 Å². The maximum Gasteiger partial charge on any atom is 0.419 e. The summed E-state index contributed by atoms with van der Waals surface area (Å²) in [5, 5.41) is 10.8. The number of aliphatic carboxylic acids is 1. The molecule has 2 aromatic carbocycles. The van der Waals surface area contributed by atoms with Gasteiger partial charge in [-0.15, -0.1) is 0 Å². The van der Waals surface area contributed by atoms with Crippen LogP contribution in [0.5, 0.6) is 11.5 Å². The van der Waals surface area contributed by atoms with Gasteiger partial charge < -0.3 is 20.3 Å². The first-order chi connectivity index (χ1) is 14.5. The maximum atomic E-state index is 13.4. The molecule has 1 heterocycles. The third kappa shape index (κ3) is 5.39. The molecule has 0 saturated carbocycles. The Hall–Kier alpha value is -3.86. The van der Waals surface area contributed by atoms with Crippen LogP contribution < -0.4 is 15.8 Å². The summed E-state index contributed by atoms with van der Waals surface area (Å²) in [6.45, 7) is 0. The number of benzene rings is 2. The second kappa shape index (κ2) is 8.48. The summed E-state index contributed by atoms with van der Waals surface area (Å²) in [4.78, 5) is 33.3. The van der Waals surface area contributed by atoms with E-state index in [9.17, 15) is 27.6 Å². The number of alkyl carbamates (subject to hydrolysis) is 1. The van der Waals surface area contributed by atoms with E-state index in [4.69, 9.17) is 15.6 Å². The largest absolute Gasteiger partial charge is 0.480 e. The number of cyclic esters (lactones) is 1. The molecule has 3 rings (SSSR count). The molecule has 8 nitrogen and oxygen atoms in total. The highest BCUT2D eigenvalue weighted by atomic mass is 19.4. The molecule has 1 fully saturated rings. The highest BCUT2D eigenvalue weighted by Gasteiger charge is 2.34. The molecule has 0 aromatic heterocycles. The Morgan fingerprint density at radius 3 is 2.35 bits per heavy atom. The number of alkyl halides is 3. The number of carboxylic acids is 1. The van der Waals surface area contributed by atoms with Gasteiger partial charge in [-0.1, -0.05) is 18.2 Å². The van der Waals surface area contributed by atoms with Gasteiger partial charge >= 0.3 is 18.2 Å². The van der Waals surface area contributed by atoms with Crippen LogP contribution in [-0.4, -0.2) is 29.1 Å². The van der Waals surface area contributed by atoms with Gasteiger partial charge in [0.05, 0.1) is 5.56 Å². The van der Waals surface area contributed by atoms with Gasteiger partial charge in [0.25, 0.3) is 5.91 Å². The molecule has 31 heavy (non-hydrogen) atoms. The molecule has 0 aliphatic carbocycles. The molecule has 0 spiro atoms. The van der Waals surface area contributed by atoms with Crippen molar-refractivity contribution in [3.05, 3.63) is 64.9 Å². The Balaban J connectivity index is 1.79. The number of carbonyl (C=O) groups is 3. The standard InChI is InChI=1S/C20H15F3N2O6/c21-20(22,23)14-9-13(6-3-11(14)8-15(24)18(27)28)30-12-4-1-10(2-5-12)7-16-17(26)25-19(29)31-16/h1-7,9,15H,8,24H2,(H,27,28)(H,25,26,29)/b16-7+. The van der Waals surface area contributed by atoms with Gasteiger partial charge in [0.2, 0.25) is 0 Å². The van der Waals surface area contributed by atoms with Gasteiger partial charge in [-0.05, 0) is 47.9 Å². The molecule has 0 radical (unpaired) electrons. The summed E-state index contributed by atoms with van der Waals surface area (Å²) >= 11 is 0. The van der Waals surface area contributed by atoms with Crippen LogP contribution in [0.25, 0.3) is 6.08 Å². The quantitative estimate of drug-likeness (QED) is 0.594. The van der Waals surface area contributed by atoms with Gasteiger partial charge in [0.15, 0.2) is 5.76 Å². The minimum absolute atomic E-state index is 0.116. The van der Waals surface area contributed by atoms with Crippen molar-refractivity contribution in [3.63, 3.8) is 0 Å². The lowest BCUT2D eigenvalue weighted by Crippen LogP contribution is -2.33. The van der Waals surface area contributed by atoms with E-state index >= 15 is 0 Å². The van der Waals surface area contributed by atoms with Crippen molar-refractivity contribution in [2.45, 2.75) is 18.6 Å². The topological polar surface area (TPSA) is 128 Å². The Bertz CT molecular complexity index is 1060. The first kappa shape index (κ1) is 21.8. The monoisotopic (exact) mass is 436 g/mol. The van der Waals surface area contributed by atoms with E-state index < -0.39 is 42.2 Å². The van der Waals surface area contributed by atoms with Gasteiger partial charge in [-0.3, -0.25) is 14.9 Å². The number of rotatable bonds is 6. The molecule has 1 unspecified atom stereocenters. The third-order valence-corrected chi connectivity index (χ3v) is 4.20. The highest BCUT2D eigenvalue weighted by Crippen LogP contribution is 2.36. The molecule has 1 atom stereocenters. The van der Waals surface area contributed by atoms with E-state index in [-0.39, 0.29) is 22.8 Å². The van der Waals surface area contributed by atoms with Gasteiger partial charge in [0, 0.05) is 0 Å². The number of nitrogens with one attached hydrogen (secondary N) is 1. The lowest BCUT2D eigenvalue weighted by atomic mass is 10.00. The Labute approximate surface area is 173 Å². The summed E-state index contributed by atoms with van der Waals surface area (Å²) in [5.74, 6) is -2.20. The lowest BCUT2D eigenvalue weighted by molar-refractivity contribution is -0.140. The predicted molar refractivity (Wildman–Crippen MR) is 99.9 cm³/mol. The molecule has 4 N–H and O–H groups in total. The Kier molecular flexibility index (Phi) is 5.97. The average Bonchev–Trinajstić information content (AvgIpc) is 3.00. The first-order valence-electron chi connectivity index (χ1n) is 8.74. The zero-order valence-corrected chi connectivity index (χ0v) is 15.6. The summed E-state index contributed by atoms with van der Waals surface area (Å²) in [7, 11) is 0. The molecule has 11 heteroatoms. The van der Waals surface area contributed by atoms with Crippen LogP contribution in [0.1, 0.15) is 16.7 Å². The fourth-order valence-electron chi connectivity index (χ4n) is 2.73. The van der Waals surface area contributed by atoms with Crippen LogP contribution in [0, 0.1) is 0 Å². The fraction of sp³-hybridized carbons (Fsp3) is 0.150. The molecular weight excluding hydrogens is 421 g/mol. The minimum atomic E-state index is -4.73. The van der Waals surface area contributed by atoms with Gasteiger partial charge in [-0.25, -0.2) is 4.79 Å². The van der Waals surface area contributed by atoms with E-state index in [1.807, 2.05) is 5.32 Å². The number of amides is 2. The fourth-order valence-corrected chi connectivity index (χ4v) is 2.73. The Morgan fingerprint density at radius 1 is 1.16 bits per heavy atom. The van der Waals surface area contributed by atoms with Crippen molar-refractivity contribution >= 4 is 24.0 Å². The molecule has 1 aliphatic rings. The first-order valence-corrected chi connectivity index (χ1v) is 8.74. The maximum absolute atomic E-state index is 13.4. The van der Waals surface area contributed by atoms with Crippen LogP contribution >= 0.6 is 0 Å². The summed E-state index contributed by atoms with van der Waals surface area (Å²) in [5.41, 5.74) is 4.54. The molecule has 1 aliphatic heterocycles. The van der Waals surface area contributed by atoms with Gasteiger partial charge in [0.1, 0.15) is 17.5 Å². The molecule has 2 amide bonds. The van der Waals surface area contributed by atoms with E-state index in [1.54, 1.807) is 0 Å². The van der Waals surface area contributed by atoms with Crippen molar-refractivity contribution in [3.8, 4) is 11.5 Å². The van der Waals surface area contributed by atoms with Crippen LogP contribution in [-0.2, 0) is 26.9 Å². The zero-order chi connectivity index (χ0) is 22.8. The number of ether oxygens (including phenoxy) is 2. The molecule has 0 bridgehead atoms. The van der Waals surface area contributed by atoms with Crippen molar-refractivity contribution < 1.29 is 42.1 Å². The number of nitrogens with two attached hydrogens (primary N) is 1. The molecule has 1 saturated heterocycles. The van der Waals surface area contributed by atoms with E-state index in [1.165, 1.54) is 36.4 Å². The number of hydrogen-bond donors (Lipinski definition) is 3. The lowest BCUT2D eigenvalue weighted by Gasteiger charge is -2.16. The predicted octanol–water partition coefficient (Wildman–Crippen LogP) is 3.06. The third-order valence-electron chi connectivity index (χ3n) is 4.20. The number of imide groups is 1. The van der Waals surface area contributed by atoms with Gasteiger partial charge in [-0.2, -0.15) is 13.2 Å². The normalized spacial score (nSPS) is 16.1.